The van der Waals surface area contributed by atoms with Crippen molar-refractivity contribution >= 4 is 29.0 Å². The third kappa shape index (κ3) is 4.68. The highest BCUT2D eigenvalue weighted by atomic mass is 16.6. The molecule has 0 bridgehead atoms. The number of aromatic nitrogens is 2. The minimum atomic E-state index is -0.568. The number of imidazole rings is 1. The molecule has 1 saturated heterocycles. The molecule has 0 radical (unpaired) electrons. The number of carbonyl (C=O) groups excluding carboxylic acids is 2. The second kappa shape index (κ2) is 7.43. The van der Waals surface area contributed by atoms with E-state index < -0.39 is 11.5 Å². The van der Waals surface area contributed by atoms with Crippen LogP contribution in [0.25, 0.3) is 11.0 Å². The van der Waals surface area contributed by atoms with Crippen molar-refractivity contribution in [2.75, 3.05) is 18.0 Å². The molecule has 1 aliphatic rings. The Morgan fingerprint density at radius 2 is 2.00 bits per heavy atom. The van der Waals surface area contributed by atoms with Crippen LogP contribution in [0.1, 0.15) is 44.0 Å². The van der Waals surface area contributed by atoms with Gasteiger partial charge in [0.25, 0.3) is 5.91 Å². The van der Waals surface area contributed by atoms with Crippen molar-refractivity contribution in [1.29, 1.82) is 0 Å². The molecule has 27 heavy (non-hydrogen) atoms. The summed E-state index contributed by atoms with van der Waals surface area (Å²) in [6.07, 6.45) is 1.18. The number of fused-ring (bicyclic) bond motifs is 1. The summed E-state index contributed by atoms with van der Waals surface area (Å²) >= 11 is 0. The highest BCUT2D eigenvalue weighted by Crippen LogP contribution is 2.22. The lowest BCUT2D eigenvalue weighted by Crippen LogP contribution is -2.46. The fraction of sp³-hybridized carbons (Fsp3) is 0.500. The number of hydrogen-bond acceptors (Lipinski definition) is 6. The van der Waals surface area contributed by atoms with Crippen molar-refractivity contribution in [2.24, 2.45) is 0 Å². The van der Waals surface area contributed by atoms with E-state index in [0.717, 1.165) is 42.9 Å². The first kappa shape index (κ1) is 19.0. The van der Waals surface area contributed by atoms with Gasteiger partial charge < -0.3 is 19.9 Å². The van der Waals surface area contributed by atoms with Gasteiger partial charge >= 0.3 is 6.09 Å². The average molecular weight is 375 g/mol. The van der Waals surface area contributed by atoms with Gasteiger partial charge in [-0.15, -0.1) is 0 Å². The zero-order valence-corrected chi connectivity index (χ0v) is 15.7. The van der Waals surface area contributed by atoms with E-state index in [1.165, 1.54) is 0 Å². The van der Waals surface area contributed by atoms with E-state index in [4.69, 9.17) is 9.94 Å². The van der Waals surface area contributed by atoms with Crippen molar-refractivity contribution in [3.8, 4) is 0 Å². The lowest BCUT2D eigenvalue weighted by atomic mass is 10.1. The molecule has 0 spiro atoms. The number of ether oxygens (including phenoxy) is 1. The third-order valence-electron chi connectivity index (χ3n) is 4.35. The first-order chi connectivity index (χ1) is 12.7. The number of anilines is 1. The zero-order chi connectivity index (χ0) is 19.6. The number of H-pyrrole nitrogens is 1. The number of aromatic amines is 1. The first-order valence-electron chi connectivity index (χ1n) is 8.94. The van der Waals surface area contributed by atoms with Crippen LogP contribution in [-0.4, -0.2) is 51.9 Å². The molecule has 2 heterocycles. The van der Waals surface area contributed by atoms with Crippen LogP contribution in [0.15, 0.2) is 18.2 Å². The van der Waals surface area contributed by atoms with Crippen molar-refractivity contribution in [2.45, 2.75) is 45.3 Å². The number of nitrogens with one attached hydrogen (secondary N) is 3. The van der Waals surface area contributed by atoms with E-state index in [1.54, 1.807) is 23.7 Å². The standard InChI is InChI=1S/C18H25N5O4/c1-18(2,3)27-17(25)19-12-6-8-23(9-7-12)16-20-13-5-4-11(15(24)22-26)10-14(13)21-16/h4-5,10,12,26H,6-9H2,1-3H3,(H,19,25)(H,20,21)(H,22,24). The number of nitrogens with zero attached hydrogens (tertiary/aromatic N) is 2. The van der Waals surface area contributed by atoms with Gasteiger partial charge in [0.05, 0.1) is 11.0 Å². The predicted octanol–water partition coefficient (Wildman–Crippen LogP) is 2.18. The Morgan fingerprint density at radius 1 is 1.30 bits per heavy atom. The summed E-state index contributed by atoms with van der Waals surface area (Å²) in [5.74, 6) is 0.157. The lowest BCUT2D eigenvalue weighted by molar-refractivity contribution is 0.0497. The molecule has 1 aromatic carbocycles. The number of benzene rings is 1. The molecule has 0 saturated carbocycles. The smallest absolute Gasteiger partial charge is 0.407 e. The Balaban J connectivity index is 1.61. The number of carbonyl (C=O) groups is 2. The second-order valence-electron chi connectivity index (χ2n) is 7.64. The van der Waals surface area contributed by atoms with Gasteiger partial charge in [-0.1, -0.05) is 0 Å². The molecule has 9 heteroatoms. The maximum atomic E-state index is 11.9. The number of hydrogen-bond donors (Lipinski definition) is 4. The van der Waals surface area contributed by atoms with Crippen LogP contribution in [0.2, 0.25) is 0 Å². The van der Waals surface area contributed by atoms with Gasteiger partial charge in [0.1, 0.15) is 5.60 Å². The minimum absolute atomic E-state index is 0.0698. The number of alkyl carbamates (subject to hydrolysis) is 1. The van der Waals surface area contributed by atoms with Crippen molar-refractivity contribution in [3.05, 3.63) is 23.8 Å². The molecule has 2 aromatic rings. The molecule has 1 aliphatic heterocycles. The predicted molar refractivity (Wildman–Crippen MR) is 100.0 cm³/mol. The highest BCUT2D eigenvalue weighted by molar-refractivity contribution is 5.96. The second-order valence-corrected chi connectivity index (χ2v) is 7.64. The molecule has 3 rings (SSSR count). The van der Waals surface area contributed by atoms with Crippen LogP contribution in [0, 0.1) is 0 Å². The average Bonchev–Trinajstić information content (AvgIpc) is 3.03. The third-order valence-corrected chi connectivity index (χ3v) is 4.35. The molecule has 0 atom stereocenters. The molecule has 0 unspecified atom stereocenters. The fourth-order valence-corrected chi connectivity index (χ4v) is 3.06. The van der Waals surface area contributed by atoms with Crippen LogP contribution < -0.4 is 15.7 Å². The maximum Gasteiger partial charge on any atom is 0.407 e. The molecule has 9 nitrogen and oxygen atoms in total. The van der Waals surface area contributed by atoms with Gasteiger partial charge in [-0.25, -0.2) is 15.3 Å². The zero-order valence-electron chi connectivity index (χ0n) is 15.7. The van der Waals surface area contributed by atoms with Crippen LogP contribution in [-0.2, 0) is 4.74 Å². The quantitative estimate of drug-likeness (QED) is 0.482. The monoisotopic (exact) mass is 375 g/mol. The summed E-state index contributed by atoms with van der Waals surface area (Å²) < 4.78 is 5.30. The highest BCUT2D eigenvalue weighted by Gasteiger charge is 2.25. The van der Waals surface area contributed by atoms with Crippen molar-refractivity contribution in [1.82, 2.24) is 20.8 Å². The molecular formula is C18H25N5O4. The molecular weight excluding hydrogens is 350 g/mol. The van der Waals surface area contributed by atoms with Crippen molar-refractivity contribution in [3.63, 3.8) is 0 Å². The maximum absolute atomic E-state index is 11.9. The Morgan fingerprint density at radius 3 is 2.63 bits per heavy atom. The minimum Gasteiger partial charge on any atom is -0.444 e. The molecule has 1 aromatic heterocycles. The summed E-state index contributed by atoms with van der Waals surface area (Å²) in [7, 11) is 0. The summed E-state index contributed by atoms with van der Waals surface area (Å²) in [6, 6.07) is 5.06. The van der Waals surface area contributed by atoms with E-state index in [2.05, 4.69) is 20.2 Å². The SMILES string of the molecule is CC(C)(C)OC(=O)NC1CCN(c2nc3ccc(C(=O)NO)cc3[nH]2)CC1. The molecule has 1 fully saturated rings. The largest absolute Gasteiger partial charge is 0.444 e. The molecule has 4 N–H and O–H groups in total. The summed E-state index contributed by atoms with van der Waals surface area (Å²) in [6.45, 7) is 7.00. The van der Waals surface area contributed by atoms with E-state index in [9.17, 15) is 9.59 Å². The van der Waals surface area contributed by atoms with Crippen LogP contribution >= 0.6 is 0 Å². The Kier molecular flexibility index (Phi) is 5.22. The normalized spacial score (nSPS) is 15.6. The Bertz CT molecular complexity index is 834. The fourth-order valence-electron chi connectivity index (χ4n) is 3.06. The number of amides is 2. The van der Waals surface area contributed by atoms with E-state index in [-0.39, 0.29) is 12.1 Å². The number of hydroxylamine groups is 1. The Hall–Kier alpha value is -2.81. The van der Waals surface area contributed by atoms with Crippen molar-refractivity contribution < 1.29 is 19.5 Å². The van der Waals surface area contributed by atoms with Gasteiger partial charge in [-0.05, 0) is 51.8 Å². The number of piperidine rings is 1. The van der Waals surface area contributed by atoms with Crippen LogP contribution in [0.5, 0.6) is 0 Å². The topological polar surface area (TPSA) is 120 Å². The van der Waals surface area contributed by atoms with Crippen LogP contribution in [0.4, 0.5) is 10.7 Å². The van der Waals surface area contributed by atoms with Gasteiger partial charge in [-0.3, -0.25) is 10.0 Å². The van der Waals surface area contributed by atoms with Crippen LogP contribution in [0.3, 0.4) is 0 Å². The molecule has 0 aliphatic carbocycles. The van der Waals surface area contributed by atoms with Gasteiger partial charge in [0.2, 0.25) is 5.95 Å². The van der Waals surface area contributed by atoms with E-state index >= 15 is 0 Å². The van der Waals surface area contributed by atoms with Gasteiger partial charge in [-0.2, -0.15) is 0 Å². The Labute approximate surface area is 157 Å². The van der Waals surface area contributed by atoms with E-state index in [1.807, 2.05) is 20.8 Å². The van der Waals surface area contributed by atoms with Gasteiger partial charge in [0.15, 0.2) is 0 Å². The summed E-state index contributed by atoms with van der Waals surface area (Å²) in [5.41, 5.74) is 2.93. The first-order valence-corrected chi connectivity index (χ1v) is 8.94. The molecule has 2 amide bonds. The summed E-state index contributed by atoms with van der Waals surface area (Å²) in [4.78, 5) is 33.3. The van der Waals surface area contributed by atoms with Gasteiger partial charge in [0, 0.05) is 24.7 Å². The summed E-state index contributed by atoms with van der Waals surface area (Å²) in [5, 5.41) is 11.7. The lowest BCUT2D eigenvalue weighted by Gasteiger charge is -2.32. The molecule has 146 valence electrons. The van der Waals surface area contributed by atoms with E-state index in [0.29, 0.717) is 5.56 Å². The number of rotatable bonds is 3.